The van der Waals surface area contributed by atoms with Gasteiger partial charge in [0, 0.05) is 9.92 Å². The lowest BCUT2D eigenvalue weighted by atomic mass is 10.4. The zero-order valence-electron chi connectivity index (χ0n) is 10.7. The molecule has 1 unspecified atom stereocenters. The van der Waals surface area contributed by atoms with Gasteiger partial charge >= 0.3 is 0 Å². The van der Waals surface area contributed by atoms with Gasteiger partial charge in [0.2, 0.25) is 0 Å². The summed E-state index contributed by atoms with van der Waals surface area (Å²) in [4.78, 5) is 0.758. The van der Waals surface area contributed by atoms with Crippen molar-refractivity contribution in [2.24, 2.45) is 0 Å². The van der Waals surface area contributed by atoms with E-state index < -0.39 is 10.8 Å². The summed E-state index contributed by atoms with van der Waals surface area (Å²) in [5.41, 5.74) is 0. The number of furan rings is 1. The molecular formula is C14H16ClNO2S. The highest BCUT2D eigenvalue weighted by atomic mass is 35.5. The highest BCUT2D eigenvalue weighted by Crippen LogP contribution is 2.17. The minimum absolute atomic E-state index is 0.383. The molecule has 0 aliphatic rings. The highest BCUT2D eigenvalue weighted by molar-refractivity contribution is 7.84. The molecule has 1 atom stereocenters. The van der Waals surface area contributed by atoms with Crippen molar-refractivity contribution in [1.29, 1.82) is 0 Å². The van der Waals surface area contributed by atoms with E-state index in [1.165, 1.54) is 0 Å². The molecule has 0 saturated heterocycles. The van der Waals surface area contributed by atoms with Gasteiger partial charge in [-0.3, -0.25) is 4.21 Å². The fourth-order valence-electron chi connectivity index (χ4n) is 1.64. The molecule has 0 radical (unpaired) electrons. The SMILES string of the molecule is CCNCc1ccc(CS(=O)c2ccc(Cl)cc2)o1. The molecule has 1 aromatic carbocycles. The Morgan fingerprint density at radius 3 is 2.53 bits per heavy atom. The van der Waals surface area contributed by atoms with Crippen molar-refractivity contribution < 1.29 is 8.63 Å². The topological polar surface area (TPSA) is 42.2 Å². The van der Waals surface area contributed by atoms with Gasteiger partial charge in [-0.1, -0.05) is 18.5 Å². The van der Waals surface area contributed by atoms with Crippen LogP contribution < -0.4 is 5.32 Å². The van der Waals surface area contributed by atoms with E-state index in [2.05, 4.69) is 5.32 Å². The summed E-state index contributed by atoms with van der Waals surface area (Å²) in [5.74, 6) is 1.99. The Hall–Kier alpha value is -1.10. The standard InChI is InChI=1S/C14H16ClNO2S/c1-2-16-9-12-5-6-13(18-12)10-19(17)14-7-3-11(15)4-8-14/h3-8,16H,2,9-10H2,1H3. The largest absolute Gasteiger partial charge is 0.464 e. The van der Waals surface area contributed by atoms with Gasteiger partial charge in [-0.2, -0.15) is 0 Å². The smallest absolute Gasteiger partial charge is 0.118 e. The first kappa shape index (κ1) is 14.3. The van der Waals surface area contributed by atoms with E-state index in [1.54, 1.807) is 24.3 Å². The third-order valence-corrected chi connectivity index (χ3v) is 4.21. The molecule has 0 aliphatic carbocycles. The maximum Gasteiger partial charge on any atom is 0.118 e. The van der Waals surface area contributed by atoms with Crippen molar-refractivity contribution in [2.45, 2.75) is 24.1 Å². The van der Waals surface area contributed by atoms with Crippen molar-refractivity contribution >= 4 is 22.4 Å². The van der Waals surface area contributed by atoms with Crippen molar-refractivity contribution in [3.8, 4) is 0 Å². The van der Waals surface area contributed by atoms with Crippen molar-refractivity contribution in [2.75, 3.05) is 6.54 Å². The summed E-state index contributed by atoms with van der Waals surface area (Å²) in [5, 5.41) is 3.83. The molecule has 1 N–H and O–H groups in total. The molecule has 0 bridgehead atoms. The van der Waals surface area contributed by atoms with Crippen LogP contribution in [-0.2, 0) is 23.1 Å². The minimum atomic E-state index is -1.11. The summed E-state index contributed by atoms with van der Waals surface area (Å²) < 4.78 is 17.8. The van der Waals surface area contributed by atoms with E-state index in [0.717, 1.165) is 23.0 Å². The Balaban J connectivity index is 1.98. The molecular weight excluding hydrogens is 282 g/mol. The molecule has 1 aromatic heterocycles. The number of hydrogen-bond donors (Lipinski definition) is 1. The fourth-order valence-corrected chi connectivity index (χ4v) is 2.79. The van der Waals surface area contributed by atoms with Crippen molar-refractivity contribution in [3.05, 3.63) is 52.9 Å². The highest BCUT2D eigenvalue weighted by Gasteiger charge is 2.08. The second-order valence-corrected chi connectivity index (χ2v) is 5.98. The second-order valence-electron chi connectivity index (χ2n) is 4.09. The normalized spacial score (nSPS) is 12.5. The molecule has 102 valence electrons. The molecule has 0 spiro atoms. The van der Waals surface area contributed by atoms with Gasteiger partial charge < -0.3 is 9.73 Å². The lowest BCUT2D eigenvalue weighted by Gasteiger charge is -2.01. The Labute approximate surface area is 120 Å². The van der Waals surface area contributed by atoms with Crippen LogP contribution in [0.5, 0.6) is 0 Å². The van der Waals surface area contributed by atoms with Crippen LogP contribution in [0, 0.1) is 0 Å². The molecule has 0 saturated carbocycles. The number of halogens is 1. The first-order valence-corrected chi connectivity index (χ1v) is 7.81. The first-order chi connectivity index (χ1) is 9.19. The van der Waals surface area contributed by atoms with E-state index in [-0.39, 0.29) is 0 Å². The van der Waals surface area contributed by atoms with Crippen LogP contribution in [0.2, 0.25) is 5.02 Å². The Bertz CT molecular complexity index is 551. The quantitative estimate of drug-likeness (QED) is 0.889. The molecule has 0 fully saturated rings. The molecule has 5 heteroatoms. The molecule has 19 heavy (non-hydrogen) atoms. The van der Waals surface area contributed by atoms with Crippen molar-refractivity contribution in [1.82, 2.24) is 5.32 Å². The van der Waals surface area contributed by atoms with Crippen LogP contribution in [0.1, 0.15) is 18.4 Å². The van der Waals surface area contributed by atoms with Gasteiger partial charge in [0.1, 0.15) is 11.5 Å². The molecule has 1 heterocycles. The third kappa shape index (κ3) is 4.20. The number of nitrogens with one attached hydrogen (secondary N) is 1. The minimum Gasteiger partial charge on any atom is -0.464 e. The number of rotatable bonds is 6. The van der Waals surface area contributed by atoms with Gasteiger partial charge in [-0.05, 0) is 42.9 Å². The average Bonchev–Trinajstić information content (AvgIpc) is 2.84. The van der Waals surface area contributed by atoms with Crippen LogP contribution >= 0.6 is 11.6 Å². The predicted molar refractivity (Wildman–Crippen MR) is 77.7 cm³/mol. The van der Waals surface area contributed by atoms with Crippen LogP contribution in [-0.4, -0.2) is 10.8 Å². The van der Waals surface area contributed by atoms with Gasteiger partial charge in [-0.15, -0.1) is 0 Å². The van der Waals surface area contributed by atoms with Crippen molar-refractivity contribution in [3.63, 3.8) is 0 Å². The van der Waals surface area contributed by atoms with Crippen LogP contribution in [0.25, 0.3) is 0 Å². The van der Waals surface area contributed by atoms with Crippen LogP contribution in [0.4, 0.5) is 0 Å². The second kappa shape index (κ2) is 6.89. The maximum absolute atomic E-state index is 12.1. The first-order valence-electron chi connectivity index (χ1n) is 6.11. The van der Waals surface area contributed by atoms with Crippen LogP contribution in [0.3, 0.4) is 0 Å². The van der Waals surface area contributed by atoms with Gasteiger partial charge in [0.15, 0.2) is 0 Å². The summed E-state index contributed by atoms with van der Waals surface area (Å²) in [6.07, 6.45) is 0. The zero-order valence-corrected chi connectivity index (χ0v) is 12.3. The molecule has 2 rings (SSSR count). The van der Waals surface area contributed by atoms with Gasteiger partial charge in [-0.25, -0.2) is 0 Å². The fraction of sp³-hybridized carbons (Fsp3) is 0.286. The van der Waals surface area contributed by atoms with Crippen LogP contribution in [0.15, 0.2) is 45.7 Å². The van der Waals surface area contributed by atoms with E-state index in [9.17, 15) is 4.21 Å². The van der Waals surface area contributed by atoms with E-state index in [4.69, 9.17) is 16.0 Å². The molecule has 0 aliphatic heterocycles. The predicted octanol–water partition coefficient (Wildman–Crippen LogP) is 3.35. The van der Waals surface area contributed by atoms with Gasteiger partial charge in [0.05, 0.1) is 23.1 Å². The van der Waals surface area contributed by atoms with E-state index >= 15 is 0 Å². The molecule has 3 nitrogen and oxygen atoms in total. The Morgan fingerprint density at radius 1 is 1.16 bits per heavy atom. The Kier molecular flexibility index (Phi) is 5.19. The lowest BCUT2D eigenvalue weighted by molar-refractivity contribution is 0.461. The molecule has 0 amide bonds. The molecule has 2 aromatic rings. The lowest BCUT2D eigenvalue weighted by Crippen LogP contribution is -2.10. The van der Waals surface area contributed by atoms with E-state index in [1.807, 2.05) is 19.1 Å². The Morgan fingerprint density at radius 2 is 1.84 bits per heavy atom. The van der Waals surface area contributed by atoms with E-state index in [0.29, 0.717) is 17.3 Å². The average molecular weight is 298 g/mol. The summed E-state index contributed by atoms with van der Waals surface area (Å²) in [6.45, 7) is 3.64. The summed E-state index contributed by atoms with van der Waals surface area (Å²) >= 11 is 5.80. The zero-order chi connectivity index (χ0) is 13.7. The third-order valence-electron chi connectivity index (χ3n) is 2.62. The maximum atomic E-state index is 12.1. The monoisotopic (exact) mass is 297 g/mol. The summed E-state index contributed by atoms with van der Waals surface area (Å²) in [6, 6.07) is 10.8. The summed E-state index contributed by atoms with van der Waals surface area (Å²) in [7, 11) is -1.11. The number of benzene rings is 1. The van der Waals surface area contributed by atoms with Gasteiger partial charge in [0.25, 0.3) is 0 Å². The number of hydrogen-bond acceptors (Lipinski definition) is 3.